The third kappa shape index (κ3) is 3.66. The first-order valence-corrected chi connectivity index (χ1v) is 7.56. The van der Waals surface area contributed by atoms with Crippen LogP contribution in [0.3, 0.4) is 0 Å². The van der Waals surface area contributed by atoms with Gasteiger partial charge in [0.25, 0.3) is 0 Å². The smallest absolute Gasteiger partial charge is 0.341 e. The van der Waals surface area contributed by atoms with Gasteiger partial charge in [-0.3, -0.25) is 0 Å². The molecule has 0 aliphatic heterocycles. The Bertz CT molecular complexity index is 677. The zero-order valence-corrected chi connectivity index (χ0v) is 13.8. The third-order valence-electron chi connectivity index (χ3n) is 2.87. The van der Waals surface area contributed by atoms with Gasteiger partial charge in [-0.15, -0.1) is 5.10 Å². The molecule has 0 amide bonds. The monoisotopic (exact) mass is 399 g/mol. The van der Waals surface area contributed by atoms with E-state index in [9.17, 15) is 4.79 Å². The third-order valence-corrected chi connectivity index (χ3v) is 3.76. The van der Waals surface area contributed by atoms with E-state index in [1.165, 1.54) is 12.1 Å². The number of carbonyl (C=O) groups is 1. The van der Waals surface area contributed by atoms with E-state index in [1.807, 2.05) is 13.8 Å². The number of nitrogens with zero attached hydrogens (tertiary/aromatic N) is 3. The molecule has 2 rings (SSSR count). The molecule has 21 heavy (non-hydrogen) atoms. The van der Waals surface area contributed by atoms with Crippen molar-refractivity contribution >= 4 is 28.6 Å². The molecule has 0 aliphatic carbocycles. The number of aromatic carboxylic acids is 1. The van der Waals surface area contributed by atoms with Crippen molar-refractivity contribution in [1.29, 1.82) is 0 Å². The van der Waals surface area contributed by atoms with Gasteiger partial charge in [-0.2, -0.15) is 4.98 Å². The van der Waals surface area contributed by atoms with Gasteiger partial charge in [0.1, 0.15) is 5.75 Å². The molecule has 0 bridgehead atoms. The van der Waals surface area contributed by atoms with Crippen LogP contribution in [-0.2, 0) is 12.8 Å². The summed E-state index contributed by atoms with van der Waals surface area (Å²) in [6.07, 6.45) is 1.50. The molecule has 0 unspecified atom stereocenters. The van der Waals surface area contributed by atoms with Crippen LogP contribution in [-0.4, -0.2) is 26.3 Å². The summed E-state index contributed by atoms with van der Waals surface area (Å²) >= 11 is 2.07. The number of hydrogen-bond donors (Lipinski definition) is 1. The molecule has 2 aromatic rings. The van der Waals surface area contributed by atoms with Crippen LogP contribution in [0.25, 0.3) is 0 Å². The first-order valence-electron chi connectivity index (χ1n) is 6.48. The lowest BCUT2D eigenvalue weighted by atomic mass is 10.2. The van der Waals surface area contributed by atoms with Crippen LogP contribution in [0.1, 0.15) is 35.6 Å². The van der Waals surface area contributed by atoms with E-state index in [0.29, 0.717) is 5.75 Å². The largest absolute Gasteiger partial charge is 0.478 e. The standard InChI is InChI=1S/C14H14IN3O3/c1-3-10-11(4-2)17-18-14(16-10)21-12-7-8(13(19)20)5-6-9(12)15/h5-7H,3-4H2,1-2H3,(H,19,20). The lowest BCUT2D eigenvalue weighted by Crippen LogP contribution is -2.05. The number of aromatic nitrogens is 3. The van der Waals surface area contributed by atoms with Crippen molar-refractivity contribution in [3.63, 3.8) is 0 Å². The molecular weight excluding hydrogens is 385 g/mol. The zero-order valence-electron chi connectivity index (χ0n) is 11.6. The maximum absolute atomic E-state index is 11.0. The van der Waals surface area contributed by atoms with E-state index >= 15 is 0 Å². The summed E-state index contributed by atoms with van der Waals surface area (Å²) in [5.41, 5.74) is 1.84. The first-order chi connectivity index (χ1) is 10.0. The highest BCUT2D eigenvalue weighted by molar-refractivity contribution is 14.1. The predicted molar refractivity (Wildman–Crippen MR) is 84.8 cm³/mol. The lowest BCUT2D eigenvalue weighted by Gasteiger charge is -2.09. The van der Waals surface area contributed by atoms with Crippen LogP contribution in [0.5, 0.6) is 11.8 Å². The number of carboxylic acid groups (broad SMARTS) is 1. The summed E-state index contributed by atoms with van der Waals surface area (Å²) in [7, 11) is 0. The number of hydrogen-bond acceptors (Lipinski definition) is 5. The Morgan fingerprint density at radius 3 is 2.57 bits per heavy atom. The topological polar surface area (TPSA) is 85.2 Å². The Hall–Kier alpha value is -1.77. The zero-order chi connectivity index (χ0) is 15.4. The maximum Gasteiger partial charge on any atom is 0.341 e. The molecule has 1 N–H and O–H groups in total. The summed E-state index contributed by atoms with van der Waals surface area (Å²) < 4.78 is 6.36. The molecule has 0 fully saturated rings. The number of ether oxygens (including phenoxy) is 1. The van der Waals surface area contributed by atoms with E-state index < -0.39 is 5.97 Å². The summed E-state index contributed by atoms with van der Waals surface area (Å²) in [5.74, 6) is -0.602. The molecule has 6 nitrogen and oxygen atoms in total. The fourth-order valence-electron chi connectivity index (χ4n) is 1.78. The fourth-order valence-corrected chi connectivity index (χ4v) is 2.22. The first kappa shape index (κ1) is 15.6. The van der Waals surface area contributed by atoms with Gasteiger partial charge in [0.05, 0.1) is 20.5 Å². The van der Waals surface area contributed by atoms with Crippen molar-refractivity contribution in [2.45, 2.75) is 26.7 Å². The van der Waals surface area contributed by atoms with E-state index in [4.69, 9.17) is 9.84 Å². The molecule has 1 aromatic heterocycles. The van der Waals surface area contributed by atoms with Crippen molar-refractivity contribution < 1.29 is 14.6 Å². The summed E-state index contributed by atoms with van der Waals surface area (Å²) in [4.78, 5) is 15.3. The van der Waals surface area contributed by atoms with Gasteiger partial charge in [-0.25, -0.2) is 4.79 Å². The molecule has 0 radical (unpaired) electrons. The summed E-state index contributed by atoms with van der Waals surface area (Å²) in [5, 5.41) is 17.0. The van der Waals surface area contributed by atoms with Crippen LogP contribution < -0.4 is 4.74 Å². The van der Waals surface area contributed by atoms with Gasteiger partial charge in [0.2, 0.25) is 0 Å². The van der Waals surface area contributed by atoms with Crippen LogP contribution in [0, 0.1) is 3.57 Å². The second-order valence-electron chi connectivity index (χ2n) is 4.25. The fraction of sp³-hybridized carbons (Fsp3) is 0.286. The molecule has 1 heterocycles. The molecule has 0 saturated carbocycles. The summed E-state index contributed by atoms with van der Waals surface area (Å²) in [6, 6.07) is 4.78. The number of halogens is 1. The average molecular weight is 399 g/mol. The number of aryl methyl sites for hydroxylation is 2. The molecular formula is C14H14IN3O3. The van der Waals surface area contributed by atoms with Crippen LogP contribution in [0.15, 0.2) is 18.2 Å². The Morgan fingerprint density at radius 2 is 1.95 bits per heavy atom. The predicted octanol–water partition coefficient (Wildman–Crippen LogP) is 3.09. The second kappa shape index (κ2) is 6.79. The maximum atomic E-state index is 11.0. The van der Waals surface area contributed by atoms with E-state index in [1.54, 1.807) is 6.07 Å². The van der Waals surface area contributed by atoms with Gasteiger partial charge >= 0.3 is 12.0 Å². The molecule has 110 valence electrons. The van der Waals surface area contributed by atoms with E-state index in [2.05, 4.69) is 37.8 Å². The van der Waals surface area contributed by atoms with E-state index in [0.717, 1.165) is 27.8 Å². The molecule has 0 saturated heterocycles. The van der Waals surface area contributed by atoms with Crippen molar-refractivity contribution in [2.75, 3.05) is 0 Å². The molecule has 1 aromatic carbocycles. The van der Waals surface area contributed by atoms with Crippen molar-refractivity contribution in [3.8, 4) is 11.8 Å². The number of rotatable bonds is 5. The highest BCUT2D eigenvalue weighted by atomic mass is 127. The number of benzene rings is 1. The summed E-state index contributed by atoms with van der Waals surface area (Å²) in [6.45, 7) is 3.98. The Labute approximate surface area is 135 Å². The molecule has 0 aliphatic rings. The number of carboxylic acids is 1. The van der Waals surface area contributed by atoms with Crippen molar-refractivity contribution in [1.82, 2.24) is 15.2 Å². The van der Waals surface area contributed by atoms with Gasteiger partial charge < -0.3 is 9.84 Å². The van der Waals surface area contributed by atoms with Gasteiger partial charge in [-0.05, 0) is 53.6 Å². The normalized spacial score (nSPS) is 10.4. The highest BCUT2D eigenvalue weighted by Crippen LogP contribution is 2.26. The SMILES string of the molecule is CCc1nnc(Oc2cc(C(=O)O)ccc2I)nc1CC. The Morgan fingerprint density at radius 1 is 1.24 bits per heavy atom. The van der Waals surface area contributed by atoms with Crippen molar-refractivity contribution in [3.05, 3.63) is 38.7 Å². The van der Waals surface area contributed by atoms with Crippen LogP contribution in [0.2, 0.25) is 0 Å². The quantitative estimate of drug-likeness (QED) is 0.778. The van der Waals surface area contributed by atoms with E-state index in [-0.39, 0.29) is 11.6 Å². The average Bonchev–Trinajstić information content (AvgIpc) is 2.49. The van der Waals surface area contributed by atoms with Gasteiger partial charge in [-0.1, -0.05) is 18.9 Å². The van der Waals surface area contributed by atoms with Crippen LogP contribution >= 0.6 is 22.6 Å². The lowest BCUT2D eigenvalue weighted by molar-refractivity contribution is 0.0696. The molecule has 0 spiro atoms. The molecule has 7 heteroatoms. The highest BCUT2D eigenvalue weighted by Gasteiger charge is 2.12. The Balaban J connectivity index is 2.33. The minimum absolute atomic E-state index is 0.129. The second-order valence-corrected chi connectivity index (χ2v) is 5.41. The van der Waals surface area contributed by atoms with Gasteiger partial charge in [0, 0.05) is 0 Å². The minimum atomic E-state index is -1.01. The minimum Gasteiger partial charge on any atom is -0.478 e. The molecule has 0 atom stereocenters. The van der Waals surface area contributed by atoms with Crippen molar-refractivity contribution in [2.24, 2.45) is 0 Å². The van der Waals surface area contributed by atoms with Crippen LogP contribution in [0.4, 0.5) is 0 Å². The van der Waals surface area contributed by atoms with Gasteiger partial charge in [0.15, 0.2) is 0 Å². The Kier molecular flexibility index (Phi) is 5.05.